The van der Waals surface area contributed by atoms with E-state index in [-0.39, 0.29) is 12.2 Å². The van der Waals surface area contributed by atoms with E-state index >= 15 is 0 Å². The number of aromatic nitrogens is 4. The standard InChI is InChI=1S/C15H19N5O3/c1-2-22-15(21)19-10-6-12(7-11-19)23-14-5-4-13(17-18-14)20-9-3-8-16-20/h3-5,8-9,12H,2,6-7,10-11H2,1H3. The molecule has 8 nitrogen and oxygen atoms in total. The van der Waals surface area contributed by atoms with Crippen LogP contribution in [-0.2, 0) is 4.74 Å². The van der Waals surface area contributed by atoms with Crippen molar-refractivity contribution in [1.82, 2.24) is 24.9 Å². The molecule has 0 spiro atoms. The predicted molar refractivity (Wildman–Crippen MR) is 81.4 cm³/mol. The van der Waals surface area contributed by atoms with Gasteiger partial charge in [-0.15, -0.1) is 10.2 Å². The zero-order valence-corrected chi connectivity index (χ0v) is 13.0. The SMILES string of the molecule is CCOC(=O)N1CCC(Oc2ccc(-n3cccn3)nn2)CC1. The fraction of sp³-hybridized carbons (Fsp3) is 0.467. The topological polar surface area (TPSA) is 82.4 Å². The number of hydrogen-bond acceptors (Lipinski definition) is 6. The summed E-state index contributed by atoms with van der Waals surface area (Å²) in [5, 5.41) is 12.3. The Labute approximate surface area is 134 Å². The molecule has 3 rings (SSSR count). The Hall–Kier alpha value is -2.64. The van der Waals surface area contributed by atoms with Gasteiger partial charge in [0.1, 0.15) is 6.10 Å². The lowest BCUT2D eigenvalue weighted by Crippen LogP contribution is -2.42. The van der Waals surface area contributed by atoms with Gasteiger partial charge in [0.2, 0.25) is 5.88 Å². The van der Waals surface area contributed by atoms with Gasteiger partial charge in [-0.2, -0.15) is 5.10 Å². The molecule has 1 fully saturated rings. The molecule has 1 aliphatic heterocycles. The highest BCUT2D eigenvalue weighted by atomic mass is 16.6. The van der Waals surface area contributed by atoms with E-state index < -0.39 is 0 Å². The van der Waals surface area contributed by atoms with E-state index in [2.05, 4.69) is 15.3 Å². The van der Waals surface area contributed by atoms with Crippen molar-refractivity contribution in [2.45, 2.75) is 25.9 Å². The van der Waals surface area contributed by atoms with Crippen LogP contribution in [0.5, 0.6) is 5.88 Å². The van der Waals surface area contributed by atoms with Crippen LogP contribution in [0.15, 0.2) is 30.6 Å². The molecule has 3 heterocycles. The number of likely N-dealkylation sites (tertiary alicyclic amines) is 1. The number of piperidine rings is 1. The van der Waals surface area contributed by atoms with E-state index in [0.29, 0.717) is 31.4 Å². The van der Waals surface area contributed by atoms with Crippen molar-refractivity contribution in [3.63, 3.8) is 0 Å². The molecule has 2 aromatic rings. The third kappa shape index (κ3) is 3.77. The molecular weight excluding hydrogens is 298 g/mol. The number of hydrogen-bond donors (Lipinski definition) is 0. The summed E-state index contributed by atoms with van der Waals surface area (Å²) >= 11 is 0. The lowest BCUT2D eigenvalue weighted by molar-refractivity contribution is 0.0684. The molecule has 0 saturated carbocycles. The third-order valence-electron chi connectivity index (χ3n) is 3.62. The minimum Gasteiger partial charge on any atom is -0.473 e. The maximum Gasteiger partial charge on any atom is 0.409 e. The van der Waals surface area contributed by atoms with Gasteiger partial charge in [-0.05, 0) is 19.1 Å². The lowest BCUT2D eigenvalue weighted by atomic mass is 10.1. The van der Waals surface area contributed by atoms with E-state index in [9.17, 15) is 4.79 Å². The molecule has 0 radical (unpaired) electrons. The minimum absolute atomic E-state index is 0.0329. The van der Waals surface area contributed by atoms with Crippen molar-refractivity contribution in [2.75, 3.05) is 19.7 Å². The summed E-state index contributed by atoms with van der Waals surface area (Å²) < 4.78 is 12.5. The van der Waals surface area contributed by atoms with E-state index in [1.165, 1.54) is 0 Å². The van der Waals surface area contributed by atoms with Gasteiger partial charge in [-0.1, -0.05) is 0 Å². The van der Waals surface area contributed by atoms with E-state index in [1.807, 2.05) is 12.1 Å². The van der Waals surface area contributed by atoms with Crippen LogP contribution in [0.25, 0.3) is 5.82 Å². The zero-order chi connectivity index (χ0) is 16.1. The van der Waals surface area contributed by atoms with Crippen LogP contribution >= 0.6 is 0 Å². The maximum atomic E-state index is 11.6. The second kappa shape index (κ2) is 7.08. The van der Waals surface area contributed by atoms with Gasteiger partial charge in [-0.3, -0.25) is 0 Å². The highest BCUT2D eigenvalue weighted by Crippen LogP contribution is 2.17. The van der Waals surface area contributed by atoms with Gasteiger partial charge >= 0.3 is 6.09 Å². The number of amides is 1. The first kappa shape index (κ1) is 15.3. The van der Waals surface area contributed by atoms with Gasteiger partial charge in [0.25, 0.3) is 0 Å². The summed E-state index contributed by atoms with van der Waals surface area (Å²) in [7, 11) is 0. The van der Waals surface area contributed by atoms with Crippen molar-refractivity contribution < 1.29 is 14.3 Å². The molecule has 1 amide bonds. The molecule has 8 heteroatoms. The van der Waals surface area contributed by atoms with Crippen LogP contribution in [0.4, 0.5) is 4.79 Å². The monoisotopic (exact) mass is 317 g/mol. The summed E-state index contributed by atoms with van der Waals surface area (Å²) in [6, 6.07) is 5.41. The van der Waals surface area contributed by atoms with Crippen molar-refractivity contribution in [2.24, 2.45) is 0 Å². The molecule has 2 aromatic heterocycles. The van der Waals surface area contributed by atoms with Gasteiger partial charge in [-0.25, -0.2) is 9.48 Å². The third-order valence-corrected chi connectivity index (χ3v) is 3.62. The van der Waals surface area contributed by atoms with Crippen molar-refractivity contribution >= 4 is 6.09 Å². The van der Waals surface area contributed by atoms with Gasteiger partial charge in [0.05, 0.1) is 6.61 Å². The minimum atomic E-state index is -0.255. The number of ether oxygens (including phenoxy) is 2. The molecule has 0 bridgehead atoms. The molecular formula is C15H19N5O3. The summed E-state index contributed by atoms with van der Waals surface area (Å²) in [5.74, 6) is 1.12. The predicted octanol–water partition coefficient (Wildman–Crippen LogP) is 1.66. The highest BCUT2D eigenvalue weighted by molar-refractivity contribution is 5.67. The zero-order valence-electron chi connectivity index (χ0n) is 13.0. The number of nitrogens with zero attached hydrogens (tertiary/aromatic N) is 5. The Kier molecular flexibility index (Phi) is 4.70. The molecule has 0 aromatic carbocycles. The molecule has 0 unspecified atom stereocenters. The van der Waals surface area contributed by atoms with E-state index in [1.54, 1.807) is 35.0 Å². The Bertz CT molecular complexity index is 621. The van der Waals surface area contributed by atoms with Gasteiger partial charge in [0.15, 0.2) is 5.82 Å². The van der Waals surface area contributed by atoms with Crippen LogP contribution in [-0.4, -0.2) is 56.8 Å². The molecule has 1 saturated heterocycles. The summed E-state index contributed by atoms with van der Waals surface area (Å²) in [6.45, 7) is 3.46. The smallest absolute Gasteiger partial charge is 0.409 e. The van der Waals surface area contributed by atoms with Gasteiger partial charge < -0.3 is 14.4 Å². The van der Waals surface area contributed by atoms with E-state index in [0.717, 1.165) is 12.8 Å². The first-order valence-corrected chi connectivity index (χ1v) is 7.68. The summed E-state index contributed by atoms with van der Waals surface area (Å²) in [4.78, 5) is 13.3. The second-order valence-electron chi connectivity index (χ2n) is 5.18. The first-order chi connectivity index (χ1) is 11.3. The summed E-state index contributed by atoms with van der Waals surface area (Å²) in [6.07, 6.45) is 4.77. The molecule has 1 aliphatic rings. The molecule has 122 valence electrons. The molecule has 0 N–H and O–H groups in total. The number of rotatable bonds is 4. The molecule has 0 aliphatic carbocycles. The average Bonchev–Trinajstić information content (AvgIpc) is 3.11. The summed E-state index contributed by atoms with van der Waals surface area (Å²) in [5.41, 5.74) is 0. The van der Waals surface area contributed by atoms with Crippen LogP contribution in [0.3, 0.4) is 0 Å². The fourth-order valence-corrected chi connectivity index (χ4v) is 2.44. The van der Waals surface area contributed by atoms with Crippen LogP contribution < -0.4 is 4.74 Å². The Balaban J connectivity index is 1.52. The largest absolute Gasteiger partial charge is 0.473 e. The van der Waals surface area contributed by atoms with Crippen LogP contribution in [0.2, 0.25) is 0 Å². The average molecular weight is 317 g/mol. The second-order valence-corrected chi connectivity index (χ2v) is 5.18. The fourth-order valence-electron chi connectivity index (χ4n) is 2.44. The van der Waals surface area contributed by atoms with E-state index in [4.69, 9.17) is 9.47 Å². The quantitative estimate of drug-likeness (QED) is 0.853. The number of carbonyl (C=O) groups is 1. The Morgan fingerprint density at radius 1 is 1.30 bits per heavy atom. The first-order valence-electron chi connectivity index (χ1n) is 7.68. The maximum absolute atomic E-state index is 11.6. The normalized spacial score (nSPS) is 15.4. The van der Waals surface area contributed by atoms with Crippen LogP contribution in [0.1, 0.15) is 19.8 Å². The van der Waals surface area contributed by atoms with Crippen molar-refractivity contribution in [3.8, 4) is 11.7 Å². The molecule has 23 heavy (non-hydrogen) atoms. The van der Waals surface area contributed by atoms with Gasteiger partial charge in [0, 0.05) is 44.4 Å². The Morgan fingerprint density at radius 3 is 2.74 bits per heavy atom. The number of carbonyl (C=O) groups excluding carboxylic acids is 1. The van der Waals surface area contributed by atoms with Crippen LogP contribution in [0, 0.1) is 0 Å². The Morgan fingerprint density at radius 2 is 2.13 bits per heavy atom. The van der Waals surface area contributed by atoms with Crippen molar-refractivity contribution in [3.05, 3.63) is 30.6 Å². The molecule has 0 atom stereocenters. The lowest BCUT2D eigenvalue weighted by Gasteiger charge is -2.30. The highest BCUT2D eigenvalue weighted by Gasteiger charge is 2.24. The van der Waals surface area contributed by atoms with Crippen molar-refractivity contribution in [1.29, 1.82) is 0 Å².